The zero-order valence-electron chi connectivity index (χ0n) is 19.2. The number of ether oxygens (including phenoxy) is 2. The average Bonchev–Trinajstić information content (AvgIpc) is 2.84. The van der Waals surface area contributed by atoms with Gasteiger partial charge in [0.15, 0.2) is 11.5 Å². The highest BCUT2D eigenvalue weighted by Crippen LogP contribution is 2.36. The maximum atomic E-state index is 12.9. The fraction of sp³-hybridized carbons (Fsp3) is 0.185. The molecule has 3 aromatic carbocycles. The molecule has 0 aliphatic carbocycles. The van der Waals surface area contributed by atoms with Crippen LogP contribution in [-0.2, 0) is 16.0 Å². The van der Waals surface area contributed by atoms with E-state index >= 15 is 0 Å². The van der Waals surface area contributed by atoms with Crippen LogP contribution in [0.25, 0.3) is 0 Å². The average molecular weight is 459 g/mol. The number of carbonyl (C=O) groups excluding carboxylic acids is 2. The van der Waals surface area contributed by atoms with Crippen LogP contribution in [-0.4, -0.2) is 30.1 Å². The number of phenolic OH excluding ortho intramolecular Hbond substituents is 1. The smallest absolute Gasteiger partial charge is 0.333 e. The first-order valence-corrected chi connectivity index (χ1v) is 10.8. The van der Waals surface area contributed by atoms with Gasteiger partial charge in [-0.05, 0) is 37.6 Å². The van der Waals surface area contributed by atoms with Crippen LogP contribution in [0, 0.1) is 0 Å². The summed E-state index contributed by atoms with van der Waals surface area (Å²) < 4.78 is 10.7. The number of ketones is 1. The third-order valence-electron chi connectivity index (χ3n) is 4.84. The Kier molecular flexibility index (Phi) is 8.29. The van der Waals surface area contributed by atoms with Crippen molar-refractivity contribution in [1.29, 1.82) is 0 Å². The van der Waals surface area contributed by atoms with E-state index in [-0.39, 0.29) is 23.7 Å². The minimum absolute atomic E-state index is 0.114. The molecule has 3 aromatic rings. The van der Waals surface area contributed by atoms with Crippen molar-refractivity contribution in [3.05, 3.63) is 95.6 Å². The molecule has 3 rings (SSSR count). The monoisotopic (exact) mass is 458 g/mol. The van der Waals surface area contributed by atoms with Crippen LogP contribution < -0.4 is 4.74 Å². The summed E-state index contributed by atoms with van der Waals surface area (Å²) >= 11 is 0. The Morgan fingerprint density at radius 2 is 1.71 bits per heavy atom. The topological polar surface area (TPSA) is 97.6 Å². The van der Waals surface area contributed by atoms with Gasteiger partial charge in [-0.15, -0.1) is 5.11 Å². The number of benzene rings is 3. The van der Waals surface area contributed by atoms with E-state index < -0.39 is 5.97 Å². The summed E-state index contributed by atoms with van der Waals surface area (Å²) in [7, 11) is 0. The highest BCUT2D eigenvalue weighted by atomic mass is 16.5. The summed E-state index contributed by atoms with van der Waals surface area (Å²) in [5.41, 5.74) is 2.83. The van der Waals surface area contributed by atoms with Crippen molar-refractivity contribution in [2.75, 3.05) is 13.2 Å². The van der Waals surface area contributed by atoms with Crippen LogP contribution >= 0.6 is 0 Å². The molecule has 34 heavy (non-hydrogen) atoms. The number of aromatic hydroxyl groups is 1. The van der Waals surface area contributed by atoms with Gasteiger partial charge < -0.3 is 14.6 Å². The molecule has 7 nitrogen and oxygen atoms in total. The Balaban J connectivity index is 1.78. The summed E-state index contributed by atoms with van der Waals surface area (Å²) in [4.78, 5) is 24.3. The fourth-order valence-electron chi connectivity index (χ4n) is 3.06. The Hall–Kier alpha value is -4.26. The third kappa shape index (κ3) is 6.38. The number of rotatable bonds is 10. The van der Waals surface area contributed by atoms with Gasteiger partial charge in [0.05, 0.1) is 24.5 Å². The molecule has 7 heteroatoms. The molecule has 0 atom stereocenters. The zero-order valence-corrected chi connectivity index (χ0v) is 19.2. The number of hydrogen-bond acceptors (Lipinski definition) is 7. The van der Waals surface area contributed by atoms with Gasteiger partial charge >= 0.3 is 5.97 Å². The number of azo groups is 1. The number of phenols is 1. The second-order valence-electron chi connectivity index (χ2n) is 7.50. The van der Waals surface area contributed by atoms with E-state index in [1.807, 2.05) is 25.1 Å². The predicted molar refractivity (Wildman–Crippen MR) is 129 cm³/mol. The van der Waals surface area contributed by atoms with Gasteiger partial charge in [0, 0.05) is 23.6 Å². The third-order valence-corrected chi connectivity index (χ3v) is 4.84. The molecule has 0 aromatic heterocycles. The van der Waals surface area contributed by atoms with Crippen LogP contribution in [0.2, 0.25) is 0 Å². The van der Waals surface area contributed by atoms with Crippen molar-refractivity contribution in [2.24, 2.45) is 10.2 Å². The summed E-state index contributed by atoms with van der Waals surface area (Å²) in [5.74, 6) is -0.596. The molecule has 0 saturated heterocycles. The Morgan fingerprint density at radius 3 is 2.35 bits per heavy atom. The molecule has 0 radical (unpaired) electrons. The van der Waals surface area contributed by atoms with E-state index in [9.17, 15) is 14.7 Å². The first-order chi connectivity index (χ1) is 16.4. The van der Waals surface area contributed by atoms with Gasteiger partial charge in [0.2, 0.25) is 0 Å². The quantitative estimate of drug-likeness (QED) is 0.171. The van der Waals surface area contributed by atoms with Gasteiger partial charge in [-0.3, -0.25) is 4.79 Å². The zero-order chi connectivity index (χ0) is 24.5. The first kappa shape index (κ1) is 24.4. The van der Waals surface area contributed by atoms with Crippen molar-refractivity contribution in [1.82, 2.24) is 0 Å². The number of esters is 1. The minimum atomic E-state index is -0.408. The maximum absolute atomic E-state index is 12.9. The molecule has 0 heterocycles. The summed E-state index contributed by atoms with van der Waals surface area (Å²) in [6.07, 6.45) is 0.563. The van der Waals surface area contributed by atoms with Crippen LogP contribution in [0.3, 0.4) is 0 Å². The molecule has 0 saturated carbocycles. The lowest BCUT2D eigenvalue weighted by atomic mass is 10.0. The van der Waals surface area contributed by atoms with Crippen molar-refractivity contribution < 1.29 is 24.2 Å². The van der Waals surface area contributed by atoms with Gasteiger partial charge in [0.25, 0.3) is 0 Å². The summed E-state index contributed by atoms with van der Waals surface area (Å²) in [5, 5.41) is 18.9. The molecule has 0 fully saturated rings. The van der Waals surface area contributed by atoms with E-state index in [1.54, 1.807) is 43.3 Å². The Morgan fingerprint density at radius 1 is 1.00 bits per heavy atom. The second kappa shape index (κ2) is 11.6. The van der Waals surface area contributed by atoms with Crippen molar-refractivity contribution in [2.45, 2.75) is 20.3 Å². The van der Waals surface area contributed by atoms with Crippen molar-refractivity contribution >= 4 is 23.1 Å². The van der Waals surface area contributed by atoms with Gasteiger partial charge in [0.1, 0.15) is 11.4 Å². The molecule has 0 aliphatic heterocycles. The molecular weight excluding hydrogens is 432 g/mol. The normalized spacial score (nSPS) is 10.8. The van der Waals surface area contributed by atoms with Gasteiger partial charge in [-0.1, -0.05) is 49.0 Å². The minimum Gasteiger partial charge on any atom is -0.507 e. The van der Waals surface area contributed by atoms with Crippen LogP contribution in [0.4, 0.5) is 11.4 Å². The van der Waals surface area contributed by atoms with Crippen molar-refractivity contribution in [3.63, 3.8) is 0 Å². The van der Waals surface area contributed by atoms with E-state index in [2.05, 4.69) is 16.8 Å². The highest BCUT2D eigenvalue weighted by Gasteiger charge is 2.18. The van der Waals surface area contributed by atoms with E-state index in [1.165, 1.54) is 12.1 Å². The van der Waals surface area contributed by atoms with E-state index in [0.717, 1.165) is 5.56 Å². The van der Waals surface area contributed by atoms with Gasteiger partial charge in [-0.2, -0.15) is 5.11 Å². The number of hydrogen-bond donors (Lipinski definition) is 1. The number of nitrogens with zero attached hydrogens (tertiary/aromatic N) is 2. The van der Waals surface area contributed by atoms with E-state index in [0.29, 0.717) is 41.3 Å². The second-order valence-corrected chi connectivity index (χ2v) is 7.50. The lowest BCUT2D eigenvalue weighted by Gasteiger charge is -2.10. The molecule has 174 valence electrons. The summed E-state index contributed by atoms with van der Waals surface area (Å²) in [6.45, 7) is 7.59. The largest absolute Gasteiger partial charge is 0.507 e. The lowest BCUT2D eigenvalue weighted by molar-refractivity contribution is -0.138. The molecule has 1 N–H and O–H groups in total. The molecule has 0 unspecified atom stereocenters. The molecule has 0 bridgehead atoms. The molecule has 0 aliphatic rings. The van der Waals surface area contributed by atoms with Crippen molar-refractivity contribution in [3.8, 4) is 11.5 Å². The summed E-state index contributed by atoms with van der Waals surface area (Å²) in [6, 6.07) is 18.9. The Labute approximate surface area is 198 Å². The maximum Gasteiger partial charge on any atom is 0.333 e. The van der Waals surface area contributed by atoms with Crippen LogP contribution in [0.1, 0.15) is 35.3 Å². The lowest BCUT2D eigenvalue weighted by Crippen LogP contribution is -2.07. The molecule has 0 spiro atoms. The van der Waals surface area contributed by atoms with Gasteiger partial charge in [-0.25, -0.2) is 4.79 Å². The molecular formula is C27H26N2O5. The van der Waals surface area contributed by atoms with E-state index in [4.69, 9.17) is 9.47 Å². The molecule has 0 amide bonds. The SMILES string of the molecule is C=C(C)C(=O)OCCc1ccc(/N=N/c2cc(C(=O)c3ccccc3)c(O)cc2OCC)cc1. The highest BCUT2D eigenvalue weighted by molar-refractivity contribution is 6.11. The fourth-order valence-corrected chi connectivity index (χ4v) is 3.06. The standard InChI is InChI=1S/C27H26N2O5/c1-4-33-25-17-24(30)22(26(31)20-8-6-5-7-9-20)16-23(25)29-28-21-12-10-19(11-13-21)14-15-34-27(32)18(2)3/h5-13,16-17,30H,2,4,14-15H2,1,3H3/b29-28+. The first-order valence-electron chi connectivity index (χ1n) is 10.8. The predicted octanol–water partition coefficient (Wildman–Crippen LogP) is 6.10. The van der Waals surface area contributed by atoms with Crippen LogP contribution in [0.15, 0.2) is 89.1 Å². The Bertz CT molecular complexity index is 1200. The van der Waals surface area contributed by atoms with Crippen LogP contribution in [0.5, 0.6) is 11.5 Å². The number of carbonyl (C=O) groups is 2.